The molecule has 98 valence electrons. The predicted molar refractivity (Wildman–Crippen MR) is 77.7 cm³/mol. The Morgan fingerprint density at radius 1 is 1.22 bits per heavy atom. The quantitative estimate of drug-likeness (QED) is 0.621. The van der Waals surface area contributed by atoms with Crippen LogP contribution in [0.1, 0.15) is 33.1 Å². The van der Waals surface area contributed by atoms with Gasteiger partial charge in [-0.15, -0.1) is 0 Å². The van der Waals surface area contributed by atoms with E-state index in [-0.39, 0.29) is 0 Å². The van der Waals surface area contributed by atoms with E-state index in [0.717, 1.165) is 18.0 Å². The predicted octanol–water partition coefficient (Wildman–Crippen LogP) is 3.24. The van der Waals surface area contributed by atoms with Gasteiger partial charge in [-0.05, 0) is 30.4 Å². The van der Waals surface area contributed by atoms with Gasteiger partial charge in [0.15, 0.2) is 5.96 Å². The average molecular weight is 245 g/mol. The zero-order chi connectivity index (χ0) is 13.0. The van der Waals surface area contributed by atoms with Gasteiger partial charge in [0.2, 0.25) is 0 Å². The summed E-state index contributed by atoms with van der Waals surface area (Å²) in [6, 6.07) is 10.3. The highest BCUT2D eigenvalue weighted by Crippen LogP contribution is 2.31. The molecule has 0 bridgehead atoms. The van der Waals surface area contributed by atoms with Crippen LogP contribution in [0.15, 0.2) is 35.3 Å². The number of hydrogen-bond acceptors (Lipinski definition) is 1. The van der Waals surface area contributed by atoms with Crippen molar-refractivity contribution in [2.45, 2.75) is 39.2 Å². The molecule has 1 aromatic rings. The first-order valence-corrected chi connectivity index (χ1v) is 6.82. The first kappa shape index (κ1) is 12.9. The summed E-state index contributed by atoms with van der Waals surface area (Å²) < 4.78 is 0. The standard InChI is InChI=1S/C15H23N3/c1-11-7-6-10-14(12(11)2)18-15(16)17-13-8-4-3-5-9-13/h3-5,8-9,11-12,14H,6-7,10H2,1-2H3,(H3,16,17,18). The summed E-state index contributed by atoms with van der Waals surface area (Å²) in [5.74, 6) is 1.90. The zero-order valence-electron chi connectivity index (χ0n) is 11.3. The fraction of sp³-hybridized carbons (Fsp3) is 0.533. The highest BCUT2D eigenvalue weighted by Gasteiger charge is 2.26. The third-order valence-electron chi connectivity index (χ3n) is 4.01. The third kappa shape index (κ3) is 3.25. The molecule has 0 saturated heterocycles. The number of guanidine groups is 1. The first-order chi connectivity index (χ1) is 8.66. The molecule has 3 N–H and O–H groups in total. The lowest BCUT2D eigenvalue weighted by Crippen LogP contribution is -2.32. The van der Waals surface area contributed by atoms with Gasteiger partial charge >= 0.3 is 0 Å². The van der Waals surface area contributed by atoms with E-state index in [4.69, 9.17) is 5.73 Å². The fourth-order valence-corrected chi connectivity index (χ4v) is 2.62. The molecular weight excluding hydrogens is 222 g/mol. The summed E-state index contributed by atoms with van der Waals surface area (Å²) in [7, 11) is 0. The van der Waals surface area contributed by atoms with Crippen molar-refractivity contribution >= 4 is 11.6 Å². The van der Waals surface area contributed by atoms with Gasteiger partial charge in [-0.25, -0.2) is 4.99 Å². The number of para-hydroxylation sites is 1. The number of hydrogen-bond donors (Lipinski definition) is 2. The van der Waals surface area contributed by atoms with Gasteiger partial charge in [0.25, 0.3) is 0 Å². The van der Waals surface area contributed by atoms with Crippen molar-refractivity contribution in [3.8, 4) is 0 Å². The fourth-order valence-electron chi connectivity index (χ4n) is 2.62. The Labute approximate surface area is 109 Å². The van der Waals surface area contributed by atoms with Crippen LogP contribution in [0.3, 0.4) is 0 Å². The maximum Gasteiger partial charge on any atom is 0.193 e. The molecule has 0 amide bonds. The molecule has 3 atom stereocenters. The molecule has 0 heterocycles. The Balaban J connectivity index is 1.99. The van der Waals surface area contributed by atoms with Crippen LogP contribution in [0.4, 0.5) is 5.69 Å². The minimum absolute atomic E-state index is 0.366. The molecule has 0 aromatic heterocycles. The van der Waals surface area contributed by atoms with Crippen LogP contribution in [0, 0.1) is 11.8 Å². The Kier molecular flexibility index (Phi) is 4.24. The van der Waals surface area contributed by atoms with E-state index in [9.17, 15) is 0 Å². The maximum absolute atomic E-state index is 5.98. The van der Waals surface area contributed by atoms with Gasteiger partial charge in [0.05, 0.1) is 6.04 Å². The van der Waals surface area contributed by atoms with E-state index >= 15 is 0 Å². The van der Waals surface area contributed by atoms with Gasteiger partial charge < -0.3 is 11.1 Å². The molecule has 0 radical (unpaired) electrons. The number of benzene rings is 1. The lowest BCUT2D eigenvalue weighted by Gasteiger charge is -2.31. The Bertz CT molecular complexity index is 399. The van der Waals surface area contributed by atoms with Crippen molar-refractivity contribution in [3.63, 3.8) is 0 Å². The van der Waals surface area contributed by atoms with E-state index in [0.29, 0.717) is 17.9 Å². The third-order valence-corrected chi connectivity index (χ3v) is 4.01. The van der Waals surface area contributed by atoms with E-state index in [1.165, 1.54) is 12.8 Å². The molecule has 1 aliphatic carbocycles. The van der Waals surface area contributed by atoms with E-state index in [1.807, 2.05) is 30.3 Å². The number of aliphatic imine (C=N–C) groups is 1. The number of nitrogens with zero attached hydrogens (tertiary/aromatic N) is 1. The van der Waals surface area contributed by atoms with E-state index in [1.54, 1.807) is 0 Å². The monoisotopic (exact) mass is 245 g/mol. The molecule has 1 fully saturated rings. The van der Waals surface area contributed by atoms with Gasteiger partial charge in [0.1, 0.15) is 0 Å². The normalized spacial score (nSPS) is 29.0. The molecule has 1 saturated carbocycles. The van der Waals surface area contributed by atoms with Crippen molar-refractivity contribution < 1.29 is 0 Å². The largest absolute Gasteiger partial charge is 0.370 e. The van der Waals surface area contributed by atoms with E-state index < -0.39 is 0 Å². The Hall–Kier alpha value is -1.51. The summed E-state index contributed by atoms with van der Waals surface area (Å²) >= 11 is 0. The van der Waals surface area contributed by atoms with Crippen LogP contribution in [0.2, 0.25) is 0 Å². The highest BCUT2D eigenvalue weighted by atomic mass is 15.1. The van der Waals surface area contributed by atoms with E-state index in [2.05, 4.69) is 24.2 Å². The Morgan fingerprint density at radius 2 is 1.94 bits per heavy atom. The van der Waals surface area contributed by atoms with Crippen LogP contribution in [-0.2, 0) is 0 Å². The minimum atomic E-state index is 0.366. The highest BCUT2D eigenvalue weighted by molar-refractivity contribution is 5.92. The molecule has 0 aliphatic heterocycles. The van der Waals surface area contributed by atoms with Crippen molar-refractivity contribution in [3.05, 3.63) is 30.3 Å². The number of nitrogens with one attached hydrogen (secondary N) is 1. The summed E-state index contributed by atoms with van der Waals surface area (Å²) in [4.78, 5) is 4.65. The lowest BCUT2D eigenvalue weighted by atomic mass is 9.78. The summed E-state index contributed by atoms with van der Waals surface area (Å²) in [6.07, 6.45) is 3.74. The summed E-state index contributed by atoms with van der Waals surface area (Å²) in [5, 5.41) is 3.15. The first-order valence-electron chi connectivity index (χ1n) is 6.82. The smallest absolute Gasteiger partial charge is 0.193 e. The molecule has 2 rings (SSSR count). The molecule has 1 aromatic carbocycles. The second-order valence-electron chi connectivity index (χ2n) is 5.34. The van der Waals surface area contributed by atoms with Crippen LogP contribution in [-0.4, -0.2) is 12.0 Å². The minimum Gasteiger partial charge on any atom is -0.370 e. The molecule has 1 aliphatic rings. The number of rotatable bonds is 2. The lowest BCUT2D eigenvalue weighted by molar-refractivity contribution is 0.241. The van der Waals surface area contributed by atoms with Gasteiger partial charge in [-0.3, -0.25) is 0 Å². The summed E-state index contributed by atoms with van der Waals surface area (Å²) in [5.41, 5.74) is 6.98. The average Bonchev–Trinajstić information content (AvgIpc) is 2.36. The van der Waals surface area contributed by atoms with Gasteiger partial charge in [-0.1, -0.05) is 44.9 Å². The van der Waals surface area contributed by atoms with Crippen LogP contribution >= 0.6 is 0 Å². The van der Waals surface area contributed by atoms with Gasteiger partial charge in [-0.2, -0.15) is 0 Å². The molecule has 3 heteroatoms. The molecule has 18 heavy (non-hydrogen) atoms. The molecule has 3 nitrogen and oxygen atoms in total. The summed E-state index contributed by atoms with van der Waals surface area (Å²) in [6.45, 7) is 4.60. The van der Waals surface area contributed by atoms with Crippen LogP contribution in [0.5, 0.6) is 0 Å². The zero-order valence-corrected chi connectivity index (χ0v) is 11.3. The van der Waals surface area contributed by atoms with Gasteiger partial charge in [0, 0.05) is 5.69 Å². The maximum atomic E-state index is 5.98. The number of anilines is 1. The SMILES string of the molecule is CC1CCCC(N=C(N)Nc2ccccc2)C1C. The molecular formula is C15H23N3. The second-order valence-corrected chi connectivity index (χ2v) is 5.34. The topological polar surface area (TPSA) is 50.4 Å². The van der Waals surface area contributed by atoms with Crippen molar-refractivity contribution in [2.24, 2.45) is 22.6 Å². The second kappa shape index (κ2) is 5.89. The van der Waals surface area contributed by atoms with Crippen molar-refractivity contribution in [1.29, 1.82) is 0 Å². The molecule has 0 spiro atoms. The Morgan fingerprint density at radius 3 is 2.67 bits per heavy atom. The van der Waals surface area contributed by atoms with Crippen LogP contribution in [0.25, 0.3) is 0 Å². The van der Waals surface area contributed by atoms with Crippen molar-refractivity contribution in [1.82, 2.24) is 0 Å². The van der Waals surface area contributed by atoms with Crippen LogP contribution < -0.4 is 11.1 Å². The molecule has 3 unspecified atom stereocenters. The van der Waals surface area contributed by atoms with Crippen molar-refractivity contribution in [2.75, 3.05) is 5.32 Å². The number of nitrogens with two attached hydrogens (primary N) is 1.